The van der Waals surface area contributed by atoms with Crippen LogP contribution in [0.1, 0.15) is 0 Å². The topological polar surface area (TPSA) is 78.5 Å². The van der Waals surface area contributed by atoms with Gasteiger partial charge in [0.1, 0.15) is 0 Å². The van der Waals surface area contributed by atoms with Crippen LogP contribution in [0.2, 0.25) is 0 Å². The van der Waals surface area contributed by atoms with E-state index in [4.69, 9.17) is 15.9 Å². The van der Waals surface area contributed by atoms with E-state index in [2.05, 4.69) is 5.32 Å². The number of aliphatic hydroxyl groups excluding tert-OH is 2. The van der Waals surface area contributed by atoms with Crippen LogP contribution in [0.3, 0.4) is 0 Å². The van der Waals surface area contributed by atoms with Gasteiger partial charge in [-0.1, -0.05) is 0 Å². The molecule has 4 heteroatoms. The van der Waals surface area contributed by atoms with Crippen molar-refractivity contribution in [3.8, 4) is 0 Å². The fourth-order valence-electron chi connectivity index (χ4n) is 0.435. The number of nitrogens with two attached hydrogens (primary N) is 1. The van der Waals surface area contributed by atoms with Crippen LogP contribution >= 0.6 is 0 Å². The lowest BCUT2D eigenvalue weighted by molar-refractivity contribution is 0.0948. The summed E-state index contributed by atoms with van der Waals surface area (Å²) in [6, 6.07) is 0. The third kappa shape index (κ3) is 5.72. The summed E-state index contributed by atoms with van der Waals surface area (Å²) in [7, 11) is 0. The summed E-state index contributed by atoms with van der Waals surface area (Å²) in [4.78, 5) is 0. The molecule has 5 N–H and O–H groups in total. The quantitative estimate of drug-likeness (QED) is 0.324. The van der Waals surface area contributed by atoms with Gasteiger partial charge in [0.2, 0.25) is 0 Å². The van der Waals surface area contributed by atoms with E-state index in [1.165, 1.54) is 0 Å². The van der Waals surface area contributed by atoms with Gasteiger partial charge in [-0.3, -0.25) is 0 Å². The van der Waals surface area contributed by atoms with Gasteiger partial charge in [0.05, 0.1) is 12.7 Å². The van der Waals surface area contributed by atoms with Gasteiger partial charge in [-0.25, -0.2) is 0 Å². The van der Waals surface area contributed by atoms with Gasteiger partial charge < -0.3 is 21.3 Å². The molecule has 0 aliphatic heterocycles. The second-order valence-corrected chi connectivity index (χ2v) is 1.83. The van der Waals surface area contributed by atoms with Crippen molar-refractivity contribution in [1.82, 2.24) is 5.32 Å². The lowest BCUT2D eigenvalue weighted by atomic mass is 10.4. The van der Waals surface area contributed by atoms with E-state index >= 15 is 0 Å². The molecule has 0 saturated carbocycles. The molecule has 0 amide bonds. The smallest absolute Gasteiger partial charge is 0.0894 e. The SMILES string of the molecule is NCCNC[C@H](O)CO. The highest BCUT2D eigenvalue weighted by atomic mass is 16.3. The Morgan fingerprint density at radius 1 is 1.56 bits per heavy atom. The van der Waals surface area contributed by atoms with Gasteiger partial charge in [0, 0.05) is 19.6 Å². The molecule has 0 heterocycles. The normalized spacial score (nSPS) is 13.7. The second kappa shape index (κ2) is 5.97. The van der Waals surface area contributed by atoms with E-state index in [1.807, 2.05) is 0 Å². The molecule has 0 bridgehead atoms. The first-order valence-corrected chi connectivity index (χ1v) is 3.01. The van der Waals surface area contributed by atoms with Gasteiger partial charge in [-0.15, -0.1) is 0 Å². The summed E-state index contributed by atoms with van der Waals surface area (Å²) in [5.41, 5.74) is 5.15. The standard InChI is InChI=1S/C5H14N2O2/c6-1-2-7-3-5(9)4-8/h5,7-9H,1-4,6H2/t5-/m0/s1. The molecule has 56 valence electrons. The zero-order chi connectivity index (χ0) is 7.11. The lowest BCUT2D eigenvalue weighted by Gasteiger charge is -2.06. The Kier molecular flexibility index (Phi) is 5.86. The highest BCUT2D eigenvalue weighted by Crippen LogP contribution is 1.74. The Morgan fingerprint density at radius 3 is 2.67 bits per heavy atom. The Labute approximate surface area is 54.7 Å². The maximum atomic E-state index is 8.73. The Hall–Kier alpha value is -0.160. The predicted molar refractivity (Wildman–Crippen MR) is 35.0 cm³/mol. The van der Waals surface area contributed by atoms with Crippen LogP contribution in [0.25, 0.3) is 0 Å². The van der Waals surface area contributed by atoms with Gasteiger partial charge >= 0.3 is 0 Å². The molecule has 0 aromatic heterocycles. The third-order valence-corrected chi connectivity index (χ3v) is 0.912. The van der Waals surface area contributed by atoms with Crippen LogP contribution in [-0.4, -0.2) is 42.6 Å². The molecular formula is C5H14N2O2. The minimum absolute atomic E-state index is 0.197. The molecule has 0 rings (SSSR count). The van der Waals surface area contributed by atoms with Crippen molar-refractivity contribution in [2.75, 3.05) is 26.2 Å². The van der Waals surface area contributed by atoms with Crippen molar-refractivity contribution in [2.24, 2.45) is 5.73 Å². The Morgan fingerprint density at radius 2 is 2.22 bits per heavy atom. The molecule has 0 aromatic rings. The van der Waals surface area contributed by atoms with Crippen molar-refractivity contribution in [2.45, 2.75) is 6.10 Å². The summed E-state index contributed by atoms with van der Waals surface area (Å²) in [5, 5.41) is 19.9. The maximum absolute atomic E-state index is 8.73. The monoisotopic (exact) mass is 134 g/mol. The maximum Gasteiger partial charge on any atom is 0.0894 e. The van der Waals surface area contributed by atoms with Crippen LogP contribution < -0.4 is 11.1 Å². The van der Waals surface area contributed by atoms with E-state index in [9.17, 15) is 0 Å². The number of nitrogens with one attached hydrogen (secondary N) is 1. The highest BCUT2D eigenvalue weighted by molar-refractivity contribution is 4.56. The first kappa shape index (κ1) is 8.84. The molecule has 0 aromatic carbocycles. The minimum Gasteiger partial charge on any atom is -0.394 e. The fraction of sp³-hybridized carbons (Fsp3) is 1.00. The second-order valence-electron chi connectivity index (χ2n) is 1.83. The number of rotatable bonds is 5. The first-order chi connectivity index (χ1) is 4.31. The molecule has 0 aliphatic rings. The lowest BCUT2D eigenvalue weighted by Crippen LogP contribution is -2.32. The molecular weight excluding hydrogens is 120 g/mol. The molecule has 0 saturated heterocycles. The fourth-order valence-corrected chi connectivity index (χ4v) is 0.435. The van der Waals surface area contributed by atoms with Gasteiger partial charge in [-0.2, -0.15) is 0 Å². The minimum atomic E-state index is -0.656. The molecule has 1 atom stereocenters. The summed E-state index contributed by atoms with van der Waals surface area (Å²) >= 11 is 0. The number of hydrogen-bond acceptors (Lipinski definition) is 4. The molecule has 4 nitrogen and oxygen atoms in total. The predicted octanol–water partition coefficient (Wildman–Crippen LogP) is -2.11. The summed E-state index contributed by atoms with van der Waals surface area (Å²) in [5.74, 6) is 0. The summed E-state index contributed by atoms with van der Waals surface area (Å²) < 4.78 is 0. The van der Waals surface area contributed by atoms with Gasteiger partial charge in [-0.05, 0) is 0 Å². The van der Waals surface area contributed by atoms with E-state index in [-0.39, 0.29) is 6.61 Å². The molecule has 0 fully saturated rings. The molecule has 0 radical (unpaired) electrons. The average molecular weight is 134 g/mol. The van der Waals surface area contributed by atoms with Crippen LogP contribution in [0, 0.1) is 0 Å². The van der Waals surface area contributed by atoms with Gasteiger partial charge in [0.25, 0.3) is 0 Å². The van der Waals surface area contributed by atoms with E-state index < -0.39 is 6.10 Å². The summed E-state index contributed by atoms with van der Waals surface area (Å²) in [6.45, 7) is 1.44. The van der Waals surface area contributed by atoms with Crippen LogP contribution in [0.5, 0.6) is 0 Å². The van der Waals surface area contributed by atoms with Crippen molar-refractivity contribution in [3.63, 3.8) is 0 Å². The van der Waals surface area contributed by atoms with Crippen LogP contribution in [-0.2, 0) is 0 Å². The Balaban J connectivity index is 2.88. The van der Waals surface area contributed by atoms with E-state index in [1.54, 1.807) is 0 Å². The van der Waals surface area contributed by atoms with Gasteiger partial charge in [0.15, 0.2) is 0 Å². The first-order valence-electron chi connectivity index (χ1n) is 3.01. The molecule has 0 spiro atoms. The van der Waals surface area contributed by atoms with Crippen molar-refractivity contribution < 1.29 is 10.2 Å². The largest absolute Gasteiger partial charge is 0.394 e. The number of hydrogen-bond donors (Lipinski definition) is 4. The third-order valence-electron chi connectivity index (χ3n) is 0.912. The van der Waals surface area contributed by atoms with E-state index in [0.717, 1.165) is 0 Å². The Bertz CT molecular complexity index is 60.9. The highest BCUT2D eigenvalue weighted by Gasteiger charge is 1.97. The number of aliphatic hydroxyl groups is 2. The van der Waals surface area contributed by atoms with Crippen LogP contribution in [0.4, 0.5) is 0 Å². The molecule has 0 unspecified atom stereocenters. The van der Waals surface area contributed by atoms with E-state index in [0.29, 0.717) is 19.6 Å². The van der Waals surface area contributed by atoms with Crippen molar-refractivity contribution >= 4 is 0 Å². The molecule has 9 heavy (non-hydrogen) atoms. The average Bonchev–Trinajstić information content (AvgIpc) is 1.89. The van der Waals surface area contributed by atoms with Crippen molar-refractivity contribution in [3.05, 3.63) is 0 Å². The van der Waals surface area contributed by atoms with Crippen LogP contribution in [0.15, 0.2) is 0 Å². The zero-order valence-corrected chi connectivity index (χ0v) is 5.38. The zero-order valence-electron chi connectivity index (χ0n) is 5.38. The van der Waals surface area contributed by atoms with Crippen molar-refractivity contribution in [1.29, 1.82) is 0 Å². The summed E-state index contributed by atoms with van der Waals surface area (Å²) in [6.07, 6.45) is -0.656. The molecule has 0 aliphatic carbocycles.